The van der Waals surface area contributed by atoms with Gasteiger partial charge in [-0.15, -0.1) is 0 Å². The Hall–Kier alpha value is -1.32. The summed E-state index contributed by atoms with van der Waals surface area (Å²) in [4.78, 5) is 1.74. The predicted molar refractivity (Wildman–Crippen MR) is 56.8 cm³/mol. The van der Waals surface area contributed by atoms with Crippen LogP contribution in [0.2, 0.25) is 0 Å². The number of nitrogens with two attached hydrogens (primary N) is 1. The van der Waals surface area contributed by atoms with E-state index in [4.69, 9.17) is 5.73 Å². The van der Waals surface area contributed by atoms with E-state index >= 15 is 0 Å². The van der Waals surface area contributed by atoms with Gasteiger partial charge in [-0.25, -0.2) is 8.78 Å². The molecule has 2 rings (SSSR count). The predicted octanol–water partition coefficient (Wildman–Crippen LogP) is 2.39. The first-order valence-electron chi connectivity index (χ1n) is 5.07. The Balaban J connectivity index is 2.35. The molecule has 1 aliphatic heterocycles. The van der Waals surface area contributed by atoms with Crippen molar-refractivity contribution in [2.75, 3.05) is 23.7 Å². The molecule has 2 N–H and O–H groups in total. The van der Waals surface area contributed by atoms with Crippen LogP contribution in [0.1, 0.15) is 13.3 Å². The van der Waals surface area contributed by atoms with Gasteiger partial charge in [-0.3, -0.25) is 0 Å². The van der Waals surface area contributed by atoms with E-state index < -0.39 is 11.6 Å². The molecule has 0 radical (unpaired) electrons. The lowest BCUT2D eigenvalue weighted by Crippen LogP contribution is -2.21. The van der Waals surface area contributed by atoms with Gasteiger partial charge in [0.1, 0.15) is 5.69 Å². The zero-order valence-corrected chi connectivity index (χ0v) is 8.63. The average molecular weight is 212 g/mol. The Morgan fingerprint density at radius 2 is 1.93 bits per heavy atom. The van der Waals surface area contributed by atoms with Crippen LogP contribution < -0.4 is 10.6 Å². The van der Waals surface area contributed by atoms with Gasteiger partial charge in [-0.2, -0.15) is 0 Å². The van der Waals surface area contributed by atoms with Crippen molar-refractivity contribution in [1.82, 2.24) is 0 Å². The fraction of sp³-hybridized carbons (Fsp3) is 0.455. The molecule has 0 bridgehead atoms. The molecule has 4 heteroatoms. The minimum absolute atomic E-state index is 0.0635. The number of halogens is 2. The smallest absolute Gasteiger partial charge is 0.151 e. The van der Waals surface area contributed by atoms with E-state index in [1.165, 1.54) is 12.1 Å². The number of rotatable bonds is 1. The van der Waals surface area contributed by atoms with E-state index in [0.29, 0.717) is 19.0 Å². The molecule has 1 aromatic carbocycles. The molecule has 2 nitrogen and oxygen atoms in total. The third-order valence-corrected chi connectivity index (χ3v) is 2.78. The highest BCUT2D eigenvalue weighted by Crippen LogP contribution is 2.30. The van der Waals surface area contributed by atoms with Crippen LogP contribution in [0.5, 0.6) is 0 Å². The molecule has 0 aliphatic carbocycles. The third-order valence-electron chi connectivity index (χ3n) is 2.78. The summed E-state index contributed by atoms with van der Waals surface area (Å²) < 4.78 is 27.1. The van der Waals surface area contributed by atoms with Crippen molar-refractivity contribution in [1.29, 1.82) is 0 Å². The van der Waals surface area contributed by atoms with Crippen LogP contribution in [-0.2, 0) is 0 Å². The zero-order chi connectivity index (χ0) is 11.0. The van der Waals surface area contributed by atoms with Crippen molar-refractivity contribution in [3.63, 3.8) is 0 Å². The number of hydrogen-bond acceptors (Lipinski definition) is 2. The third kappa shape index (κ3) is 1.89. The second kappa shape index (κ2) is 3.68. The van der Waals surface area contributed by atoms with E-state index in [0.717, 1.165) is 6.42 Å². The highest BCUT2D eigenvalue weighted by Gasteiger charge is 2.24. The summed E-state index contributed by atoms with van der Waals surface area (Å²) in [5.74, 6) is -0.649. The minimum Gasteiger partial charge on any atom is -0.399 e. The maximum Gasteiger partial charge on any atom is 0.151 e. The fourth-order valence-electron chi connectivity index (χ4n) is 2.03. The molecule has 0 saturated carbocycles. The number of anilines is 2. The lowest BCUT2D eigenvalue weighted by Gasteiger charge is -2.19. The summed E-state index contributed by atoms with van der Waals surface area (Å²) in [5.41, 5.74) is 5.55. The molecule has 1 fully saturated rings. The van der Waals surface area contributed by atoms with Crippen molar-refractivity contribution < 1.29 is 8.78 Å². The average Bonchev–Trinajstić information content (AvgIpc) is 2.49. The van der Waals surface area contributed by atoms with Crippen LogP contribution in [0.15, 0.2) is 12.1 Å². The van der Waals surface area contributed by atoms with Gasteiger partial charge >= 0.3 is 0 Å². The van der Waals surface area contributed by atoms with Crippen molar-refractivity contribution >= 4 is 11.4 Å². The van der Waals surface area contributed by atoms with Crippen LogP contribution in [0.4, 0.5) is 20.2 Å². The lowest BCUT2D eigenvalue weighted by molar-refractivity contribution is 0.576. The number of nitrogen functional groups attached to an aromatic ring is 1. The molecule has 0 spiro atoms. The molecule has 0 amide bonds. The molecular weight excluding hydrogens is 198 g/mol. The largest absolute Gasteiger partial charge is 0.399 e. The van der Waals surface area contributed by atoms with Crippen LogP contribution in [0.25, 0.3) is 0 Å². The molecule has 0 aromatic heterocycles. The van der Waals surface area contributed by atoms with Crippen LogP contribution in [-0.4, -0.2) is 13.1 Å². The Morgan fingerprint density at radius 1 is 1.33 bits per heavy atom. The second-order valence-corrected chi connectivity index (χ2v) is 4.17. The van der Waals surface area contributed by atoms with E-state index in [2.05, 4.69) is 6.92 Å². The normalized spacial score (nSPS) is 21.0. The Morgan fingerprint density at radius 3 is 2.40 bits per heavy atom. The Bertz CT molecular complexity index is 356. The minimum atomic E-state index is -0.568. The highest BCUT2D eigenvalue weighted by atomic mass is 19.1. The van der Waals surface area contributed by atoms with Crippen LogP contribution in [0, 0.1) is 17.6 Å². The van der Waals surface area contributed by atoms with Gasteiger partial charge < -0.3 is 10.6 Å². The standard InChI is InChI=1S/C11H14F2N2/c1-7-2-3-15(6-7)11-9(12)4-8(14)5-10(11)13/h4-5,7H,2-3,6,14H2,1H3. The van der Waals surface area contributed by atoms with Gasteiger partial charge in [-0.05, 0) is 24.5 Å². The van der Waals surface area contributed by atoms with Crippen molar-refractivity contribution in [3.8, 4) is 0 Å². The molecule has 15 heavy (non-hydrogen) atoms. The monoisotopic (exact) mass is 212 g/mol. The number of benzene rings is 1. The van der Waals surface area contributed by atoms with E-state index in [1.54, 1.807) is 4.90 Å². The van der Waals surface area contributed by atoms with Gasteiger partial charge in [0, 0.05) is 18.8 Å². The zero-order valence-electron chi connectivity index (χ0n) is 8.63. The molecule has 1 aliphatic rings. The van der Waals surface area contributed by atoms with E-state index in [1.807, 2.05) is 0 Å². The van der Waals surface area contributed by atoms with Crippen LogP contribution >= 0.6 is 0 Å². The first-order valence-corrected chi connectivity index (χ1v) is 5.07. The Labute approximate surface area is 87.7 Å². The quantitative estimate of drug-likeness (QED) is 0.724. The summed E-state index contributed by atoms with van der Waals surface area (Å²) in [6, 6.07) is 2.34. The summed E-state index contributed by atoms with van der Waals surface area (Å²) in [6.45, 7) is 3.49. The number of nitrogens with zero attached hydrogens (tertiary/aromatic N) is 1. The second-order valence-electron chi connectivity index (χ2n) is 4.17. The topological polar surface area (TPSA) is 29.3 Å². The van der Waals surface area contributed by atoms with Crippen molar-refractivity contribution in [2.45, 2.75) is 13.3 Å². The first-order chi connectivity index (χ1) is 7.08. The molecular formula is C11H14F2N2. The summed E-state index contributed by atoms with van der Waals surface area (Å²) in [7, 11) is 0. The lowest BCUT2D eigenvalue weighted by atomic mass is 10.2. The number of hydrogen-bond donors (Lipinski definition) is 1. The van der Waals surface area contributed by atoms with Gasteiger partial charge in [0.25, 0.3) is 0 Å². The van der Waals surface area contributed by atoms with E-state index in [-0.39, 0.29) is 11.4 Å². The maximum absolute atomic E-state index is 13.5. The highest BCUT2D eigenvalue weighted by molar-refractivity contribution is 5.56. The molecule has 82 valence electrons. The molecule has 1 unspecified atom stereocenters. The summed E-state index contributed by atoms with van der Waals surface area (Å²) >= 11 is 0. The summed E-state index contributed by atoms with van der Waals surface area (Å²) in [5, 5.41) is 0. The van der Waals surface area contributed by atoms with Crippen LogP contribution in [0.3, 0.4) is 0 Å². The first kappa shape index (κ1) is 10.2. The van der Waals surface area contributed by atoms with Gasteiger partial charge in [0.15, 0.2) is 11.6 Å². The fourth-order valence-corrected chi connectivity index (χ4v) is 2.03. The molecule has 1 saturated heterocycles. The molecule has 1 atom stereocenters. The van der Waals surface area contributed by atoms with Gasteiger partial charge in [-0.1, -0.05) is 6.92 Å². The van der Waals surface area contributed by atoms with Gasteiger partial charge in [0.05, 0.1) is 0 Å². The van der Waals surface area contributed by atoms with Crippen molar-refractivity contribution in [2.24, 2.45) is 5.92 Å². The van der Waals surface area contributed by atoms with Gasteiger partial charge in [0.2, 0.25) is 0 Å². The summed E-state index contributed by atoms with van der Waals surface area (Å²) in [6.07, 6.45) is 0.975. The van der Waals surface area contributed by atoms with Crippen molar-refractivity contribution in [3.05, 3.63) is 23.8 Å². The SMILES string of the molecule is CC1CCN(c2c(F)cc(N)cc2F)C1. The maximum atomic E-state index is 13.5. The molecule has 1 aromatic rings. The Kier molecular flexibility index (Phi) is 2.50. The molecule has 1 heterocycles. The van der Waals surface area contributed by atoms with E-state index in [9.17, 15) is 8.78 Å².